The molecule has 3 saturated heterocycles. The van der Waals surface area contributed by atoms with Crippen molar-refractivity contribution in [1.29, 1.82) is 0 Å². The Morgan fingerprint density at radius 3 is 2.19 bits per heavy atom. The first-order chi connectivity index (χ1) is 18.0. The number of hydrogen-bond donors (Lipinski definition) is 1. The van der Waals surface area contributed by atoms with Gasteiger partial charge in [0.25, 0.3) is 11.5 Å². The molecule has 198 valence electrons. The van der Waals surface area contributed by atoms with Gasteiger partial charge in [-0.2, -0.15) is 0 Å². The van der Waals surface area contributed by atoms with Crippen LogP contribution in [0.5, 0.6) is 0 Å². The minimum absolute atomic E-state index is 0.0168. The van der Waals surface area contributed by atoms with Crippen LogP contribution in [0.1, 0.15) is 100 Å². The van der Waals surface area contributed by atoms with Gasteiger partial charge >= 0.3 is 5.97 Å². The summed E-state index contributed by atoms with van der Waals surface area (Å²) in [6.45, 7) is 0.341. The summed E-state index contributed by atoms with van der Waals surface area (Å²) in [5.74, 6) is -1.57. The summed E-state index contributed by atoms with van der Waals surface area (Å²) in [6.07, 6.45) is 14.5. The third-order valence-corrected chi connectivity index (χ3v) is 9.42. The van der Waals surface area contributed by atoms with E-state index in [2.05, 4.69) is 9.88 Å². The Bertz CT molecular complexity index is 1220. The van der Waals surface area contributed by atoms with Crippen LogP contribution in [-0.4, -0.2) is 67.0 Å². The molecule has 1 N–H and O–H groups in total. The lowest BCUT2D eigenvalue weighted by molar-refractivity contribution is -0.141. The maximum Gasteiger partial charge on any atom is 0.326 e. The Morgan fingerprint density at radius 2 is 1.49 bits per heavy atom. The average molecular weight is 507 g/mol. The molecule has 6 rings (SSSR count). The molecule has 1 saturated carbocycles. The van der Waals surface area contributed by atoms with Gasteiger partial charge in [0.05, 0.1) is 11.0 Å². The van der Waals surface area contributed by atoms with Crippen molar-refractivity contribution in [3.05, 3.63) is 40.3 Å². The minimum Gasteiger partial charge on any atom is -0.480 e. The van der Waals surface area contributed by atoms with E-state index in [4.69, 9.17) is 0 Å². The largest absolute Gasteiger partial charge is 0.480 e. The molecule has 1 aromatic heterocycles. The number of rotatable bonds is 4. The van der Waals surface area contributed by atoms with Crippen LogP contribution in [0, 0.1) is 0 Å². The van der Waals surface area contributed by atoms with Crippen LogP contribution in [0.2, 0.25) is 0 Å². The number of carboxylic acids is 1. The Morgan fingerprint density at radius 1 is 0.811 bits per heavy atom. The summed E-state index contributed by atoms with van der Waals surface area (Å²) < 4.78 is 1.84. The lowest BCUT2D eigenvalue weighted by Crippen LogP contribution is -2.50. The van der Waals surface area contributed by atoms with Crippen molar-refractivity contribution in [3.8, 4) is 0 Å². The van der Waals surface area contributed by atoms with Crippen molar-refractivity contribution in [2.24, 2.45) is 0 Å². The van der Waals surface area contributed by atoms with E-state index in [1.165, 1.54) is 62.7 Å². The standard InChI is InChI=1S/C29H38N4O4/c34-27(31-16-8-13-25(31)29(36)37)26-28(35)33(24-12-7-6-11-23(24)30-26)22-17-20-14-15-21(18-22)32(20)19-9-4-2-1-3-5-10-19/h6-7,11-12,19-22,25H,1-5,8-10,13-18H2,(H,36,37)/t20-,21+,22?,25?. The number of fused-ring (bicyclic) bond motifs is 3. The van der Waals surface area contributed by atoms with E-state index in [-0.39, 0.29) is 17.3 Å². The fraction of sp³-hybridized carbons (Fsp3) is 0.655. The predicted molar refractivity (Wildman–Crippen MR) is 141 cm³/mol. The van der Waals surface area contributed by atoms with E-state index < -0.39 is 17.9 Å². The van der Waals surface area contributed by atoms with Crippen molar-refractivity contribution < 1.29 is 14.7 Å². The van der Waals surface area contributed by atoms with Gasteiger partial charge in [0.2, 0.25) is 0 Å². The smallest absolute Gasteiger partial charge is 0.326 e. The summed E-state index contributed by atoms with van der Waals surface area (Å²) in [5, 5.41) is 9.61. The number of carbonyl (C=O) groups is 2. The molecule has 8 nitrogen and oxygen atoms in total. The van der Waals surface area contributed by atoms with Crippen LogP contribution >= 0.6 is 0 Å². The summed E-state index contributed by atoms with van der Waals surface area (Å²) in [6, 6.07) is 8.29. The Balaban J connectivity index is 1.34. The molecule has 2 aromatic rings. The molecule has 0 spiro atoms. The van der Waals surface area contributed by atoms with Crippen molar-refractivity contribution in [2.45, 2.75) is 114 Å². The molecule has 37 heavy (non-hydrogen) atoms. The SMILES string of the molecule is O=C(O)C1CCCN1C(=O)c1nc2ccccc2n(C2C[C@H]3CC[C@@H](C2)N3C2CCCCCCC2)c1=O. The molecule has 4 heterocycles. The highest BCUT2D eigenvalue weighted by atomic mass is 16.4. The molecule has 3 aliphatic heterocycles. The lowest BCUT2D eigenvalue weighted by Gasteiger charge is -2.45. The van der Waals surface area contributed by atoms with E-state index in [1.807, 2.05) is 28.8 Å². The average Bonchev–Trinajstić information content (AvgIpc) is 3.46. The molecular formula is C29H38N4O4. The molecule has 4 atom stereocenters. The van der Waals surface area contributed by atoms with Crippen molar-refractivity contribution in [2.75, 3.05) is 6.54 Å². The summed E-state index contributed by atoms with van der Waals surface area (Å²) >= 11 is 0. The second-order valence-corrected chi connectivity index (χ2v) is 11.6. The second kappa shape index (κ2) is 10.2. The third kappa shape index (κ3) is 4.47. The number of benzene rings is 1. The Kier molecular flexibility index (Phi) is 6.78. The highest BCUT2D eigenvalue weighted by molar-refractivity contribution is 5.96. The minimum atomic E-state index is -1.02. The van der Waals surface area contributed by atoms with Gasteiger partial charge in [-0.05, 0) is 63.5 Å². The van der Waals surface area contributed by atoms with Crippen LogP contribution in [0.4, 0.5) is 0 Å². The number of nitrogens with zero attached hydrogens (tertiary/aromatic N) is 4. The zero-order valence-corrected chi connectivity index (χ0v) is 21.6. The maximum absolute atomic E-state index is 13.9. The van der Waals surface area contributed by atoms with Gasteiger partial charge in [0, 0.05) is 30.7 Å². The quantitative estimate of drug-likeness (QED) is 0.662. The number of piperidine rings is 1. The normalized spacial score (nSPS) is 29.4. The topological polar surface area (TPSA) is 95.7 Å². The molecule has 4 aliphatic rings. The first-order valence-corrected chi connectivity index (χ1v) is 14.4. The number of likely N-dealkylation sites (tertiary alicyclic amines) is 1. The molecule has 2 bridgehead atoms. The van der Waals surface area contributed by atoms with Crippen molar-refractivity contribution in [3.63, 3.8) is 0 Å². The third-order valence-electron chi connectivity index (χ3n) is 9.42. The van der Waals surface area contributed by atoms with Crippen LogP contribution in [0.25, 0.3) is 11.0 Å². The first kappa shape index (κ1) is 24.6. The summed E-state index contributed by atoms with van der Waals surface area (Å²) in [5.41, 5.74) is 0.876. The molecule has 4 fully saturated rings. The molecule has 2 unspecified atom stereocenters. The Hall–Kier alpha value is -2.74. The maximum atomic E-state index is 13.9. The van der Waals surface area contributed by atoms with Gasteiger partial charge in [-0.3, -0.25) is 14.5 Å². The van der Waals surface area contributed by atoms with Crippen LogP contribution in [-0.2, 0) is 4.79 Å². The van der Waals surface area contributed by atoms with E-state index in [0.29, 0.717) is 43.0 Å². The molecule has 0 radical (unpaired) electrons. The van der Waals surface area contributed by atoms with Gasteiger partial charge in [0.1, 0.15) is 6.04 Å². The second-order valence-electron chi connectivity index (χ2n) is 11.6. The highest BCUT2D eigenvalue weighted by Crippen LogP contribution is 2.44. The number of carboxylic acid groups (broad SMARTS) is 1. The number of para-hydroxylation sites is 2. The van der Waals surface area contributed by atoms with Gasteiger partial charge in [0.15, 0.2) is 5.69 Å². The van der Waals surface area contributed by atoms with Gasteiger partial charge in [-0.25, -0.2) is 9.78 Å². The van der Waals surface area contributed by atoms with Gasteiger partial charge < -0.3 is 14.6 Å². The Labute approximate surface area is 217 Å². The molecular weight excluding hydrogens is 468 g/mol. The van der Waals surface area contributed by atoms with Crippen molar-refractivity contribution >= 4 is 22.9 Å². The molecule has 8 heteroatoms. The van der Waals surface area contributed by atoms with Crippen LogP contribution < -0.4 is 5.56 Å². The van der Waals surface area contributed by atoms with Gasteiger partial charge in [-0.15, -0.1) is 0 Å². The summed E-state index contributed by atoms with van der Waals surface area (Å²) in [7, 11) is 0. The van der Waals surface area contributed by atoms with E-state index in [9.17, 15) is 19.5 Å². The fourth-order valence-corrected chi connectivity index (χ4v) is 7.78. The number of aromatic nitrogens is 2. The van der Waals surface area contributed by atoms with Crippen LogP contribution in [0.15, 0.2) is 29.1 Å². The zero-order valence-electron chi connectivity index (χ0n) is 21.6. The molecule has 1 amide bonds. The number of aliphatic carboxylic acids is 1. The highest BCUT2D eigenvalue weighted by Gasteiger charge is 2.45. The number of carbonyl (C=O) groups excluding carboxylic acids is 1. The van der Waals surface area contributed by atoms with E-state index in [1.54, 1.807) is 0 Å². The molecule has 1 aromatic carbocycles. The van der Waals surface area contributed by atoms with Gasteiger partial charge in [-0.1, -0.05) is 44.2 Å². The zero-order chi connectivity index (χ0) is 25.5. The van der Waals surface area contributed by atoms with Crippen molar-refractivity contribution in [1.82, 2.24) is 19.4 Å². The van der Waals surface area contributed by atoms with E-state index >= 15 is 0 Å². The lowest BCUT2D eigenvalue weighted by atomic mass is 9.89. The van der Waals surface area contributed by atoms with Crippen LogP contribution in [0.3, 0.4) is 0 Å². The predicted octanol–water partition coefficient (Wildman–Crippen LogP) is 4.37. The fourth-order valence-electron chi connectivity index (χ4n) is 7.78. The number of amides is 1. The molecule has 1 aliphatic carbocycles. The first-order valence-electron chi connectivity index (χ1n) is 14.4. The number of hydrogen-bond acceptors (Lipinski definition) is 5. The monoisotopic (exact) mass is 506 g/mol. The van der Waals surface area contributed by atoms with E-state index in [0.717, 1.165) is 18.4 Å². The summed E-state index contributed by atoms with van der Waals surface area (Å²) in [4.78, 5) is 47.8.